The first kappa shape index (κ1) is 15.8. The summed E-state index contributed by atoms with van der Waals surface area (Å²) in [6, 6.07) is 6.65. The van der Waals surface area contributed by atoms with E-state index in [1.165, 1.54) is 0 Å². The van der Waals surface area contributed by atoms with E-state index in [1.807, 2.05) is 7.05 Å². The predicted molar refractivity (Wildman–Crippen MR) is 90.2 cm³/mol. The number of nitrogens with zero attached hydrogens (tertiary/aromatic N) is 2. The molecule has 0 unspecified atom stereocenters. The van der Waals surface area contributed by atoms with Gasteiger partial charge in [0, 0.05) is 37.3 Å². The molecule has 1 aromatic carbocycles. The minimum Gasteiger partial charge on any atom is -0.456 e. The van der Waals surface area contributed by atoms with Crippen LogP contribution < -0.4 is 0 Å². The molecule has 0 atom stereocenters. The van der Waals surface area contributed by atoms with Crippen LogP contribution in [-0.2, 0) is 0 Å². The number of rotatable bonds is 1. The molecule has 0 spiro atoms. The van der Waals surface area contributed by atoms with E-state index in [9.17, 15) is 14.4 Å². The highest BCUT2D eigenvalue weighted by Crippen LogP contribution is 2.33. The average Bonchev–Trinajstić information content (AvgIpc) is 2.97. The standard InChI is InChI=1S/C19H18N2O4/c1-11-14(19(24)21-9-7-20(2)8-10-21)15-16(22)12-5-3-4-6-13(12)17(23)18(15)25-11/h3-6H,7-10H2,1-2H3. The van der Waals surface area contributed by atoms with Crippen molar-refractivity contribution in [2.24, 2.45) is 0 Å². The average molecular weight is 338 g/mol. The van der Waals surface area contributed by atoms with E-state index in [2.05, 4.69) is 4.90 Å². The van der Waals surface area contributed by atoms with E-state index in [1.54, 1.807) is 36.1 Å². The number of ketones is 2. The number of piperazine rings is 1. The minimum absolute atomic E-state index is 0.0151. The van der Waals surface area contributed by atoms with Gasteiger partial charge in [0.25, 0.3) is 5.91 Å². The van der Waals surface area contributed by atoms with Crippen molar-refractivity contribution in [2.45, 2.75) is 6.92 Å². The zero-order chi connectivity index (χ0) is 17.7. The summed E-state index contributed by atoms with van der Waals surface area (Å²) in [6.07, 6.45) is 0. The summed E-state index contributed by atoms with van der Waals surface area (Å²) >= 11 is 0. The lowest BCUT2D eigenvalue weighted by Crippen LogP contribution is -2.47. The zero-order valence-electron chi connectivity index (χ0n) is 14.2. The maximum Gasteiger partial charge on any atom is 0.258 e. The minimum atomic E-state index is -0.342. The fourth-order valence-electron chi connectivity index (χ4n) is 3.48. The molecular weight excluding hydrogens is 320 g/mol. The van der Waals surface area contributed by atoms with Gasteiger partial charge in [-0.2, -0.15) is 0 Å². The van der Waals surface area contributed by atoms with Crippen LogP contribution >= 0.6 is 0 Å². The normalized spacial score (nSPS) is 17.4. The van der Waals surface area contributed by atoms with Gasteiger partial charge in [-0.05, 0) is 14.0 Å². The zero-order valence-corrected chi connectivity index (χ0v) is 14.2. The fraction of sp³-hybridized carbons (Fsp3) is 0.316. The Balaban J connectivity index is 1.79. The number of furan rings is 1. The number of hydrogen-bond donors (Lipinski definition) is 0. The van der Waals surface area contributed by atoms with Gasteiger partial charge in [0.05, 0.1) is 11.1 Å². The van der Waals surface area contributed by atoms with Crippen LogP contribution in [0.4, 0.5) is 0 Å². The molecule has 1 saturated heterocycles. The molecule has 1 aromatic heterocycles. The lowest BCUT2D eigenvalue weighted by Gasteiger charge is -2.32. The van der Waals surface area contributed by atoms with Crippen molar-refractivity contribution in [1.29, 1.82) is 0 Å². The fourth-order valence-corrected chi connectivity index (χ4v) is 3.48. The molecule has 4 rings (SSSR count). The first-order valence-corrected chi connectivity index (χ1v) is 8.28. The Morgan fingerprint density at radius 1 is 1.00 bits per heavy atom. The van der Waals surface area contributed by atoms with Crippen molar-refractivity contribution < 1.29 is 18.8 Å². The Bertz CT molecular complexity index is 904. The van der Waals surface area contributed by atoms with Crippen LogP contribution in [0.5, 0.6) is 0 Å². The Hall–Kier alpha value is -2.73. The van der Waals surface area contributed by atoms with Gasteiger partial charge in [0.2, 0.25) is 5.78 Å². The Labute approximate surface area is 145 Å². The third kappa shape index (κ3) is 2.33. The molecule has 0 radical (unpaired) electrons. The van der Waals surface area contributed by atoms with Gasteiger partial charge in [-0.3, -0.25) is 14.4 Å². The van der Waals surface area contributed by atoms with Crippen LogP contribution in [0.2, 0.25) is 0 Å². The van der Waals surface area contributed by atoms with E-state index in [0.29, 0.717) is 30.0 Å². The van der Waals surface area contributed by atoms with Gasteiger partial charge in [0.15, 0.2) is 11.5 Å². The quantitative estimate of drug-likeness (QED) is 0.676. The van der Waals surface area contributed by atoms with Crippen LogP contribution in [0, 0.1) is 6.92 Å². The van der Waals surface area contributed by atoms with Gasteiger partial charge in [-0.15, -0.1) is 0 Å². The van der Waals surface area contributed by atoms with Crippen molar-refractivity contribution >= 4 is 17.5 Å². The summed E-state index contributed by atoms with van der Waals surface area (Å²) in [5.41, 5.74) is 0.998. The van der Waals surface area contributed by atoms with Crippen molar-refractivity contribution in [3.8, 4) is 0 Å². The summed E-state index contributed by atoms with van der Waals surface area (Å²) in [7, 11) is 2.01. The SMILES string of the molecule is Cc1oc2c(c1C(=O)N1CCN(C)CC1)C(=O)c1ccccc1C2=O. The molecule has 0 bridgehead atoms. The van der Waals surface area contributed by atoms with Crippen molar-refractivity contribution in [1.82, 2.24) is 9.80 Å². The molecule has 0 saturated carbocycles. The Morgan fingerprint density at radius 3 is 2.24 bits per heavy atom. The maximum absolute atomic E-state index is 13.0. The molecule has 2 aromatic rings. The summed E-state index contributed by atoms with van der Waals surface area (Å²) < 4.78 is 5.58. The molecule has 0 N–H and O–H groups in total. The molecule has 1 aliphatic carbocycles. The Kier molecular flexibility index (Phi) is 3.58. The lowest BCUT2D eigenvalue weighted by molar-refractivity contribution is 0.0659. The van der Waals surface area contributed by atoms with E-state index in [0.717, 1.165) is 13.1 Å². The second-order valence-corrected chi connectivity index (χ2v) is 6.54. The first-order valence-electron chi connectivity index (χ1n) is 8.28. The van der Waals surface area contributed by atoms with Crippen LogP contribution in [0.25, 0.3) is 0 Å². The molecule has 1 aliphatic heterocycles. The highest BCUT2D eigenvalue weighted by Gasteiger charge is 2.39. The van der Waals surface area contributed by atoms with Crippen LogP contribution in [0.1, 0.15) is 48.2 Å². The molecule has 25 heavy (non-hydrogen) atoms. The van der Waals surface area contributed by atoms with Crippen molar-refractivity contribution in [2.75, 3.05) is 33.2 Å². The Morgan fingerprint density at radius 2 is 1.60 bits per heavy atom. The number of fused-ring (bicyclic) bond motifs is 2. The van der Waals surface area contributed by atoms with Gasteiger partial charge in [-0.25, -0.2) is 0 Å². The largest absolute Gasteiger partial charge is 0.456 e. The van der Waals surface area contributed by atoms with Gasteiger partial charge < -0.3 is 14.2 Å². The van der Waals surface area contributed by atoms with Gasteiger partial charge >= 0.3 is 0 Å². The maximum atomic E-state index is 13.0. The number of carbonyl (C=O) groups excluding carboxylic acids is 3. The lowest BCUT2D eigenvalue weighted by atomic mass is 9.86. The molecule has 1 amide bonds. The van der Waals surface area contributed by atoms with Crippen LogP contribution in [-0.4, -0.2) is 60.5 Å². The van der Waals surface area contributed by atoms with E-state index in [4.69, 9.17) is 4.42 Å². The van der Waals surface area contributed by atoms with E-state index < -0.39 is 0 Å². The number of carbonyl (C=O) groups is 3. The summed E-state index contributed by atoms with van der Waals surface area (Å²) in [4.78, 5) is 42.5. The monoisotopic (exact) mass is 338 g/mol. The summed E-state index contributed by atoms with van der Waals surface area (Å²) in [5.74, 6) is -0.594. The number of amides is 1. The van der Waals surface area contributed by atoms with E-state index >= 15 is 0 Å². The molecular formula is C19H18N2O4. The number of aryl methyl sites for hydroxylation is 1. The highest BCUT2D eigenvalue weighted by atomic mass is 16.4. The predicted octanol–water partition coefficient (Wildman–Crippen LogP) is 1.75. The first-order chi connectivity index (χ1) is 12.0. The second kappa shape index (κ2) is 5.67. The second-order valence-electron chi connectivity index (χ2n) is 6.54. The third-order valence-corrected chi connectivity index (χ3v) is 4.94. The molecule has 6 nitrogen and oxygen atoms in total. The molecule has 1 fully saturated rings. The highest BCUT2D eigenvalue weighted by molar-refractivity contribution is 6.30. The molecule has 2 heterocycles. The van der Waals surface area contributed by atoms with Gasteiger partial charge in [0.1, 0.15) is 5.76 Å². The number of hydrogen-bond acceptors (Lipinski definition) is 5. The van der Waals surface area contributed by atoms with Gasteiger partial charge in [-0.1, -0.05) is 24.3 Å². The van der Waals surface area contributed by atoms with Crippen molar-refractivity contribution in [3.63, 3.8) is 0 Å². The summed E-state index contributed by atoms with van der Waals surface area (Å²) in [6.45, 7) is 4.37. The van der Waals surface area contributed by atoms with E-state index in [-0.39, 0.29) is 34.4 Å². The molecule has 6 heteroatoms. The topological polar surface area (TPSA) is 70.8 Å². The van der Waals surface area contributed by atoms with Crippen molar-refractivity contribution in [3.05, 3.63) is 58.0 Å². The van der Waals surface area contributed by atoms with Crippen LogP contribution in [0.3, 0.4) is 0 Å². The smallest absolute Gasteiger partial charge is 0.258 e. The molecule has 2 aliphatic rings. The summed E-state index contributed by atoms with van der Waals surface area (Å²) in [5, 5.41) is 0. The third-order valence-electron chi connectivity index (χ3n) is 4.94. The number of likely N-dealkylation sites (N-methyl/N-ethyl adjacent to an activating group) is 1. The van der Waals surface area contributed by atoms with Crippen LogP contribution in [0.15, 0.2) is 28.7 Å². The number of benzene rings is 1. The molecule has 128 valence electrons.